The van der Waals surface area contributed by atoms with E-state index < -0.39 is 5.54 Å². The van der Waals surface area contributed by atoms with E-state index in [-0.39, 0.29) is 6.04 Å². The van der Waals surface area contributed by atoms with Crippen molar-refractivity contribution in [2.75, 3.05) is 0 Å². The molecule has 0 aliphatic carbocycles. The number of benzene rings is 2. The molecule has 0 aliphatic heterocycles. The lowest BCUT2D eigenvalue weighted by Crippen LogP contribution is -2.19. The molecular weight excluding hydrogens is 318 g/mol. The number of hydrogen-bond donors (Lipinski definition) is 0. The van der Waals surface area contributed by atoms with E-state index in [0.717, 1.165) is 38.5 Å². The second kappa shape index (κ2) is 10.5. The molecule has 26 heavy (non-hydrogen) atoms. The van der Waals surface area contributed by atoms with Gasteiger partial charge in [0.05, 0.1) is 12.1 Å². The van der Waals surface area contributed by atoms with Crippen LogP contribution in [0.25, 0.3) is 0 Å². The minimum absolute atomic E-state index is 0.153. The van der Waals surface area contributed by atoms with Gasteiger partial charge in [-0.25, -0.2) is 0 Å². The van der Waals surface area contributed by atoms with Crippen molar-refractivity contribution < 1.29 is 0 Å². The summed E-state index contributed by atoms with van der Waals surface area (Å²) in [5, 5.41) is 18.3. The van der Waals surface area contributed by atoms with Crippen LogP contribution in [0.5, 0.6) is 0 Å². The third-order valence-corrected chi connectivity index (χ3v) is 4.62. The predicted molar refractivity (Wildman–Crippen MR) is 107 cm³/mol. The van der Waals surface area contributed by atoms with Crippen molar-refractivity contribution in [1.29, 1.82) is 5.26 Å². The molecule has 2 unspecified atom stereocenters. The maximum Gasteiger partial charge on any atom is 0.164 e. The fraction of sp³-hybridized carbons (Fsp3) is 0.435. The Morgan fingerprint density at radius 3 is 2.00 bits per heavy atom. The largest absolute Gasteiger partial charge is 0.196 e. The number of azo groups is 1. The van der Waals surface area contributed by atoms with Crippen molar-refractivity contribution in [2.45, 2.75) is 64.0 Å². The summed E-state index contributed by atoms with van der Waals surface area (Å²) in [4.78, 5) is 0. The van der Waals surface area contributed by atoms with Crippen molar-refractivity contribution in [3.8, 4) is 6.07 Å². The number of hydrogen-bond acceptors (Lipinski definition) is 3. The first kappa shape index (κ1) is 19.8. The zero-order valence-corrected chi connectivity index (χ0v) is 15.9. The second-order valence-electron chi connectivity index (χ2n) is 7.17. The van der Waals surface area contributed by atoms with E-state index in [9.17, 15) is 5.26 Å². The van der Waals surface area contributed by atoms with E-state index in [0.29, 0.717) is 0 Å². The van der Waals surface area contributed by atoms with Crippen LogP contribution in [0.15, 0.2) is 70.9 Å². The molecule has 0 fully saturated rings. The number of rotatable bonds is 10. The predicted octanol–water partition coefficient (Wildman–Crippen LogP) is 6.16. The van der Waals surface area contributed by atoms with Crippen LogP contribution >= 0.6 is 0 Å². The molecule has 3 heteroatoms. The van der Waals surface area contributed by atoms with Crippen LogP contribution in [0.3, 0.4) is 0 Å². The summed E-state index contributed by atoms with van der Waals surface area (Å²) in [5.41, 5.74) is 1.95. The van der Waals surface area contributed by atoms with E-state index in [1.165, 1.54) is 11.1 Å². The van der Waals surface area contributed by atoms with Crippen LogP contribution in [0, 0.1) is 11.3 Å². The van der Waals surface area contributed by atoms with E-state index in [4.69, 9.17) is 0 Å². The number of aryl methyl sites for hydroxylation is 2. The molecule has 136 valence electrons. The molecular formula is C23H29N3. The topological polar surface area (TPSA) is 48.5 Å². The molecule has 0 aliphatic rings. The van der Waals surface area contributed by atoms with Gasteiger partial charge in [0.1, 0.15) is 0 Å². The summed E-state index contributed by atoms with van der Waals surface area (Å²) in [6, 6.07) is 23.4. The Hall–Kier alpha value is -2.47. The lowest BCUT2D eigenvalue weighted by molar-refractivity contribution is 0.473. The molecule has 2 aromatic carbocycles. The van der Waals surface area contributed by atoms with Crippen LogP contribution in [-0.2, 0) is 12.8 Å². The SMILES string of the molecule is CC(CCCc1ccccc1)N=NC(C)(C#N)CCCc1ccccc1. The standard InChI is InChI=1S/C23H29N3/c1-20(11-9-16-21-12-5-3-6-13-21)25-26-23(2,19-24)18-10-17-22-14-7-4-8-15-22/h3-8,12-15,20H,9-11,16-18H2,1-2H3. The first-order valence-electron chi connectivity index (χ1n) is 9.52. The summed E-state index contributed by atoms with van der Waals surface area (Å²) in [6.07, 6.45) is 5.78. The van der Waals surface area contributed by atoms with Gasteiger partial charge in [-0.2, -0.15) is 15.5 Å². The van der Waals surface area contributed by atoms with Gasteiger partial charge in [0, 0.05) is 0 Å². The minimum atomic E-state index is -0.720. The normalized spacial score (nSPS) is 14.7. The van der Waals surface area contributed by atoms with Gasteiger partial charge in [0.15, 0.2) is 5.54 Å². The zero-order chi connectivity index (χ0) is 18.7. The average Bonchev–Trinajstić information content (AvgIpc) is 2.68. The summed E-state index contributed by atoms with van der Waals surface area (Å²) in [6.45, 7) is 3.97. The molecule has 2 aromatic rings. The Bertz CT molecular complexity index is 703. The lowest BCUT2D eigenvalue weighted by Gasteiger charge is -2.16. The van der Waals surface area contributed by atoms with E-state index in [2.05, 4.69) is 71.8 Å². The van der Waals surface area contributed by atoms with Crippen molar-refractivity contribution in [1.82, 2.24) is 0 Å². The second-order valence-corrected chi connectivity index (χ2v) is 7.17. The van der Waals surface area contributed by atoms with Gasteiger partial charge in [-0.3, -0.25) is 0 Å². The molecule has 3 nitrogen and oxygen atoms in total. The first-order valence-corrected chi connectivity index (χ1v) is 9.52. The van der Waals surface area contributed by atoms with Gasteiger partial charge in [0.2, 0.25) is 0 Å². The van der Waals surface area contributed by atoms with Gasteiger partial charge in [-0.1, -0.05) is 60.7 Å². The summed E-state index contributed by atoms with van der Waals surface area (Å²) < 4.78 is 0. The van der Waals surface area contributed by atoms with Crippen LogP contribution in [0.1, 0.15) is 50.7 Å². The highest BCUT2D eigenvalue weighted by Gasteiger charge is 2.23. The van der Waals surface area contributed by atoms with Gasteiger partial charge >= 0.3 is 0 Å². The molecule has 2 rings (SSSR count). The van der Waals surface area contributed by atoms with Crippen molar-refractivity contribution in [2.24, 2.45) is 10.2 Å². The quantitative estimate of drug-likeness (QED) is 0.475. The fourth-order valence-electron chi connectivity index (χ4n) is 2.94. The highest BCUT2D eigenvalue weighted by atomic mass is 15.2. The summed E-state index contributed by atoms with van der Waals surface area (Å²) in [7, 11) is 0. The Morgan fingerprint density at radius 1 is 0.923 bits per heavy atom. The summed E-state index contributed by atoms with van der Waals surface area (Å²) in [5.74, 6) is 0. The Balaban J connectivity index is 1.74. The lowest BCUT2D eigenvalue weighted by atomic mass is 9.96. The average molecular weight is 348 g/mol. The molecule has 0 heterocycles. The maximum atomic E-state index is 9.52. The van der Waals surface area contributed by atoms with Crippen molar-refractivity contribution >= 4 is 0 Å². The van der Waals surface area contributed by atoms with Crippen molar-refractivity contribution in [3.05, 3.63) is 71.8 Å². The van der Waals surface area contributed by atoms with Crippen LogP contribution < -0.4 is 0 Å². The van der Waals surface area contributed by atoms with Crippen LogP contribution in [-0.4, -0.2) is 11.6 Å². The smallest absolute Gasteiger partial charge is 0.164 e. The third-order valence-electron chi connectivity index (χ3n) is 4.62. The molecule has 0 saturated heterocycles. The Labute approximate surface area is 157 Å². The molecule has 0 amide bonds. The molecule has 0 radical (unpaired) electrons. The van der Waals surface area contributed by atoms with Crippen LogP contribution in [0.2, 0.25) is 0 Å². The molecule has 0 aromatic heterocycles. The molecule has 0 saturated carbocycles. The first-order chi connectivity index (χ1) is 12.6. The highest BCUT2D eigenvalue weighted by molar-refractivity contribution is 5.15. The van der Waals surface area contributed by atoms with E-state index in [1.807, 2.05) is 19.1 Å². The maximum absolute atomic E-state index is 9.52. The molecule has 2 atom stereocenters. The van der Waals surface area contributed by atoms with Crippen molar-refractivity contribution in [3.63, 3.8) is 0 Å². The molecule has 0 spiro atoms. The van der Waals surface area contributed by atoms with Gasteiger partial charge in [-0.15, -0.1) is 0 Å². The highest BCUT2D eigenvalue weighted by Crippen LogP contribution is 2.20. The van der Waals surface area contributed by atoms with Gasteiger partial charge < -0.3 is 0 Å². The fourth-order valence-corrected chi connectivity index (χ4v) is 2.94. The monoisotopic (exact) mass is 347 g/mol. The summed E-state index contributed by atoms with van der Waals surface area (Å²) >= 11 is 0. The van der Waals surface area contributed by atoms with Crippen LogP contribution in [0.4, 0.5) is 0 Å². The molecule has 0 N–H and O–H groups in total. The zero-order valence-electron chi connectivity index (χ0n) is 15.9. The minimum Gasteiger partial charge on any atom is -0.196 e. The Morgan fingerprint density at radius 2 is 1.46 bits per heavy atom. The van der Waals surface area contributed by atoms with E-state index >= 15 is 0 Å². The number of nitriles is 1. The number of nitrogens with zero attached hydrogens (tertiary/aromatic N) is 3. The molecule has 0 bridgehead atoms. The van der Waals surface area contributed by atoms with Gasteiger partial charge in [0.25, 0.3) is 0 Å². The van der Waals surface area contributed by atoms with E-state index in [1.54, 1.807) is 0 Å². The Kier molecular flexibility index (Phi) is 8.02. The third kappa shape index (κ3) is 7.19. The van der Waals surface area contributed by atoms with Gasteiger partial charge in [-0.05, 0) is 63.5 Å².